The first kappa shape index (κ1) is 16.4. The molecule has 0 aliphatic rings. The van der Waals surface area contributed by atoms with Gasteiger partial charge in [0, 0.05) is 24.3 Å². The van der Waals surface area contributed by atoms with Crippen LogP contribution in [0, 0.1) is 10.1 Å². The summed E-state index contributed by atoms with van der Waals surface area (Å²) in [5.74, 6) is -0.414. The third kappa shape index (κ3) is 3.91. The molecule has 7 heteroatoms. The van der Waals surface area contributed by atoms with Crippen molar-refractivity contribution in [3.63, 3.8) is 0 Å². The molecule has 2 N–H and O–H groups in total. The number of hydrogen-bond acceptors (Lipinski definition) is 4. The second-order valence-corrected chi connectivity index (χ2v) is 5.17. The Morgan fingerprint density at radius 2 is 2.20 bits per heavy atom. The molecule has 110 valence electrons. The van der Waals surface area contributed by atoms with Gasteiger partial charge in [-0.3, -0.25) is 14.9 Å². The van der Waals surface area contributed by atoms with Crippen LogP contribution in [0.3, 0.4) is 0 Å². The third-order valence-corrected chi connectivity index (χ3v) is 3.58. The molecule has 1 unspecified atom stereocenters. The van der Waals surface area contributed by atoms with E-state index in [-0.39, 0.29) is 22.9 Å². The summed E-state index contributed by atoms with van der Waals surface area (Å²) in [5, 5.41) is 22.5. The van der Waals surface area contributed by atoms with Gasteiger partial charge in [0.05, 0.1) is 15.5 Å². The van der Waals surface area contributed by atoms with Crippen LogP contribution in [-0.2, 0) is 0 Å². The average Bonchev–Trinajstić information content (AvgIpc) is 2.38. The van der Waals surface area contributed by atoms with Gasteiger partial charge < -0.3 is 10.4 Å². The zero-order valence-corrected chi connectivity index (χ0v) is 12.1. The Morgan fingerprint density at radius 3 is 2.65 bits per heavy atom. The Labute approximate surface area is 121 Å². The van der Waals surface area contributed by atoms with Gasteiger partial charge in [-0.05, 0) is 25.8 Å². The van der Waals surface area contributed by atoms with Crippen molar-refractivity contribution in [1.82, 2.24) is 5.32 Å². The Bertz CT molecular complexity index is 521. The first-order chi connectivity index (χ1) is 9.33. The zero-order valence-electron chi connectivity index (χ0n) is 11.4. The predicted octanol–water partition coefficient (Wildman–Crippen LogP) is 2.53. The molecule has 0 bridgehead atoms. The first-order valence-electron chi connectivity index (χ1n) is 6.20. The molecule has 1 rings (SSSR count). The molecule has 0 fully saturated rings. The molecule has 1 aromatic carbocycles. The van der Waals surface area contributed by atoms with Crippen LogP contribution in [0.5, 0.6) is 0 Å². The van der Waals surface area contributed by atoms with E-state index < -0.39 is 16.4 Å². The Hall–Kier alpha value is -1.66. The van der Waals surface area contributed by atoms with Crippen molar-refractivity contribution >= 4 is 23.2 Å². The smallest absolute Gasteiger partial charge is 0.270 e. The van der Waals surface area contributed by atoms with Crippen LogP contribution in [0.15, 0.2) is 18.2 Å². The molecule has 0 radical (unpaired) electrons. The number of halogens is 1. The fourth-order valence-corrected chi connectivity index (χ4v) is 1.98. The summed E-state index contributed by atoms with van der Waals surface area (Å²) in [7, 11) is 0. The lowest BCUT2D eigenvalue weighted by Gasteiger charge is -2.29. The summed E-state index contributed by atoms with van der Waals surface area (Å²) < 4.78 is 0. The lowest BCUT2D eigenvalue weighted by Crippen LogP contribution is -2.46. The number of nitro groups is 1. The third-order valence-electron chi connectivity index (χ3n) is 3.27. The maximum atomic E-state index is 12.1. The van der Waals surface area contributed by atoms with Crippen LogP contribution in [0.1, 0.15) is 37.0 Å². The highest BCUT2D eigenvalue weighted by Gasteiger charge is 2.25. The minimum atomic E-state index is -0.574. The quantitative estimate of drug-likeness (QED) is 0.623. The fraction of sp³-hybridized carbons (Fsp3) is 0.462. The van der Waals surface area contributed by atoms with E-state index in [1.165, 1.54) is 12.1 Å². The Kier molecular flexibility index (Phi) is 5.47. The van der Waals surface area contributed by atoms with E-state index >= 15 is 0 Å². The summed E-state index contributed by atoms with van der Waals surface area (Å²) in [6, 6.07) is 3.70. The highest BCUT2D eigenvalue weighted by molar-refractivity contribution is 6.34. The van der Waals surface area contributed by atoms with Gasteiger partial charge in [-0.25, -0.2) is 0 Å². The average molecular weight is 301 g/mol. The van der Waals surface area contributed by atoms with Gasteiger partial charge in [0.25, 0.3) is 11.6 Å². The number of aliphatic hydroxyl groups is 1. The fourth-order valence-electron chi connectivity index (χ4n) is 1.72. The van der Waals surface area contributed by atoms with Crippen molar-refractivity contribution in [2.24, 2.45) is 0 Å². The summed E-state index contributed by atoms with van der Waals surface area (Å²) in [4.78, 5) is 22.2. The SMILES string of the molecule is CCC(C)(CCO)NC(=O)c1ccc([N+](=O)[O-])cc1Cl. The maximum absolute atomic E-state index is 12.1. The van der Waals surface area contributed by atoms with Crippen molar-refractivity contribution in [3.05, 3.63) is 38.9 Å². The number of aliphatic hydroxyl groups excluding tert-OH is 1. The normalized spacial score (nSPS) is 13.6. The second-order valence-electron chi connectivity index (χ2n) is 4.76. The van der Waals surface area contributed by atoms with Gasteiger partial charge in [0.1, 0.15) is 0 Å². The number of nitrogens with zero attached hydrogens (tertiary/aromatic N) is 1. The Morgan fingerprint density at radius 1 is 1.55 bits per heavy atom. The molecule has 6 nitrogen and oxygen atoms in total. The zero-order chi connectivity index (χ0) is 15.3. The molecule has 0 aliphatic carbocycles. The van der Waals surface area contributed by atoms with Crippen LogP contribution in [0.2, 0.25) is 5.02 Å². The molecule has 0 spiro atoms. The van der Waals surface area contributed by atoms with Crippen molar-refractivity contribution in [2.45, 2.75) is 32.2 Å². The van der Waals surface area contributed by atoms with E-state index in [4.69, 9.17) is 16.7 Å². The molecule has 1 atom stereocenters. The largest absolute Gasteiger partial charge is 0.396 e. The van der Waals surface area contributed by atoms with Crippen LogP contribution in [0.25, 0.3) is 0 Å². The van der Waals surface area contributed by atoms with Gasteiger partial charge >= 0.3 is 0 Å². The number of rotatable bonds is 6. The van der Waals surface area contributed by atoms with E-state index in [2.05, 4.69) is 5.32 Å². The van der Waals surface area contributed by atoms with Crippen LogP contribution in [0.4, 0.5) is 5.69 Å². The molecule has 1 amide bonds. The van der Waals surface area contributed by atoms with Gasteiger partial charge in [-0.2, -0.15) is 0 Å². The lowest BCUT2D eigenvalue weighted by molar-refractivity contribution is -0.384. The number of nitro benzene ring substituents is 1. The van der Waals surface area contributed by atoms with Crippen molar-refractivity contribution < 1.29 is 14.8 Å². The summed E-state index contributed by atoms with van der Waals surface area (Å²) in [6.07, 6.45) is 1.06. The van der Waals surface area contributed by atoms with Gasteiger partial charge in [-0.1, -0.05) is 18.5 Å². The number of hydrogen-bond donors (Lipinski definition) is 2. The molecular weight excluding hydrogens is 284 g/mol. The number of non-ortho nitro benzene ring substituents is 1. The molecule has 0 saturated heterocycles. The number of carbonyl (C=O) groups excluding carboxylic acids is 1. The summed E-state index contributed by atoms with van der Waals surface area (Å²) in [5.41, 5.74) is -0.535. The molecule has 0 saturated carbocycles. The van der Waals surface area contributed by atoms with E-state index in [0.29, 0.717) is 12.8 Å². The van der Waals surface area contributed by atoms with Gasteiger partial charge in [-0.15, -0.1) is 0 Å². The van der Waals surface area contributed by atoms with Crippen molar-refractivity contribution in [2.75, 3.05) is 6.61 Å². The number of benzene rings is 1. The van der Waals surface area contributed by atoms with Crippen LogP contribution < -0.4 is 5.32 Å². The van der Waals surface area contributed by atoms with E-state index in [1.807, 2.05) is 13.8 Å². The molecule has 0 heterocycles. The number of nitrogens with one attached hydrogen (secondary N) is 1. The Balaban J connectivity index is 2.95. The standard InChI is InChI=1S/C13H17ClN2O4/c1-3-13(2,6-7-17)15-12(18)10-5-4-9(16(19)20)8-11(10)14/h4-5,8,17H,3,6-7H2,1-2H3,(H,15,18). The molecule has 0 aromatic heterocycles. The highest BCUT2D eigenvalue weighted by Crippen LogP contribution is 2.23. The summed E-state index contributed by atoms with van der Waals surface area (Å²) in [6.45, 7) is 3.67. The highest BCUT2D eigenvalue weighted by atomic mass is 35.5. The number of carbonyl (C=O) groups is 1. The van der Waals surface area contributed by atoms with Crippen molar-refractivity contribution in [3.8, 4) is 0 Å². The number of amides is 1. The lowest BCUT2D eigenvalue weighted by atomic mass is 9.94. The van der Waals surface area contributed by atoms with Gasteiger partial charge in [0.15, 0.2) is 0 Å². The molecule has 20 heavy (non-hydrogen) atoms. The summed E-state index contributed by atoms with van der Waals surface area (Å²) >= 11 is 5.90. The van der Waals surface area contributed by atoms with Crippen LogP contribution in [-0.4, -0.2) is 28.1 Å². The van der Waals surface area contributed by atoms with Crippen molar-refractivity contribution in [1.29, 1.82) is 0 Å². The first-order valence-corrected chi connectivity index (χ1v) is 6.58. The topological polar surface area (TPSA) is 92.5 Å². The monoisotopic (exact) mass is 300 g/mol. The van der Waals surface area contributed by atoms with Crippen LogP contribution >= 0.6 is 11.6 Å². The molecule has 1 aromatic rings. The molecule has 0 aliphatic heterocycles. The predicted molar refractivity (Wildman–Crippen MR) is 76.0 cm³/mol. The van der Waals surface area contributed by atoms with E-state index in [0.717, 1.165) is 6.07 Å². The molecular formula is C13H17ClN2O4. The maximum Gasteiger partial charge on any atom is 0.270 e. The van der Waals surface area contributed by atoms with E-state index in [9.17, 15) is 14.9 Å². The minimum Gasteiger partial charge on any atom is -0.396 e. The minimum absolute atomic E-state index is 0.0270. The van der Waals surface area contributed by atoms with Gasteiger partial charge in [0.2, 0.25) is 0 Å². The second kappa shape index (κ2) is 6.67. The van der Waals surface area contributed by atoms with E-state index in [1.54, 1.807) is 0 Å².